The summed E-state index contributed by atoms with van der Waals surface area (Å²) < 4.78 is 15.8. The van der Waals surface area contributed by atoms with Crippen LogP contribution in [0.25, 0.3) is 6.08 Å². The SMILES string of the molecule is COc1cc(/C=N\N=C2\S/C(=C\c3ccc(C(C)(C)C)cc3)C(=O)N2Cc2ccco2)cc(OC)c1O. The molecule has 0 radical (unpaired) electrons. The molecule has 1 aromatic heterocycles. The Hall–Kier alpha value is -3.98. The lowest BCUT2D eigenvalue weighted by Crippen LogP contribution is -2.28. The summed E-state index contributed by atoms with van der Waals surface area (Å²) in [5.74, 6) is 0.861. The molecule has 37 heavy (non-hydrogen) atoms. The fourth-order valence-electron chi connectivity index (χ4n) is 3.64. The zero-order valence-corrected chi connectivity index (χ0v) is 22.2. The van der Waals surface area contributed by atoms with E-state index in [9.17, 15) is 9.90 Å². The summed E-state index contributed by atoms with van der Waals surface area (Å²) in [5.41, 5.74) is 2.80. The van der Waals surface area contributed by atoms with Crippen molar-refractivity contribution >= 4 is 35.1 Å². The first-order valence-corrected chi connectivity index (χ1v) is 12.4. The van der Waals surface area contributed by atoms with Gasteiger partial charge >= 0.3 is 0 Å². The van der Waals surface area contributed by atoms with Gasteiger partial charge in [-0.2, -0.15) is 5.10 Å². The topological polar surface area (TPSA) is 96.9 Å². The number of aromatic hydroxyl groups is 1. The predicted molar refractivity (Wildman–Crippen MR) is 146 cm³/mol. The Morgan fingerprint density at radius 1 is 1.05 bits per heavy atom. The van der Waals surface area contributed by atoms with Crippen LogP contribution in [0, 0.1) is 0 Å². The van der Waals surface area contributed by atoms with Crippen molar-refractivity contribution in [2.45, 2.75) is 32.7 Å². The second-order valence-electron chi connectivity index (χ2n) is 9.35. The first-order chi connectivity index (χ1) is 17.7. The molecule has 0 spiro atoms. The van der Waals surface area contributed by atoms with E-state index in [2.05, 4.69) is 43.1 Å². The molecule has 4 rings (SSSR count). The Morgan fingerprint density at radius 3 is 2.30 bits per heavy atom. The van der Waals surface area contributed by atoms with Gasteiger partial charge in [0.2, 0.25) is 5.75 Å². The van der Waals surface area contributed by atoms with Crippen LogP contribution in [0.2, 0.25) is 0 Å². The third-order valence-electron chi connectivity index (χ3n) is 5.71. The van der Waals surface area contributed by atoms with Gasteiger partial charge in [-0.3, -0.25) is 9.69 Å². The number of phenolic OH excluding ortho intramolecular Hbond substituents is 1. The summed E-state index contributed by atoms with van der Waals surface area (Å²) in [4.78, 5) is 15.4. The van der Waals surface area contributed by atoms with Crippen molar-refractivity contribution in [2.75, 3.05) is 14.2 Å². The Bertz CT molecular complexity index is 1330. The molecule has 9 heteroatoms. The number of phenols is 1. The van der Waals surface area contributed by atoms with E-state index in [1.54, 1.807) is 30.5 Å². The number of thioether (sulfide) groups is 1. The van der Waals surface area contributed by atoms with Crippen molar-refractivity contribution in [1.82, 2.24) is 4.90 Å². The average Bonchev–Trinajstić information content (AvgIpc) is 3.49. The van der Waals surface area contributed by atoms with Crippen molar-refractivity contribution < 1.29 is 23.8 Å². The summed E-state index contributed by atoms with van der Waals surface area (Å²) in [7, 11) is 2.90. The number of furan rings is 1. The van der Waals surface area contributed by atoms with E-state index in [1.165, 1.54) is 42.7 Å². The van der Waals surface area contributed by atoms with Gasteiger partial charge in [0, 0.05) is 5.56 Å². The van der Waals surface area contributed by atoms with Crippen molar-refractivity contribution in [2.24, 2.45) is 10.2 Å². The van der Waals surface area contributed by atoms with Crippen molar-refractivity contribution in [1.29, 1.82) is 0 Å². The summed E-state index contributed by atoms with van der Waals surface area (Å²) in [6.45, 7) is 6.72. The zero-order valence-electron chi connectivity index (χ0n) is 21.4. The number of methoxy groups -OCH3 is 2. The number of ether oxygens (including phenoxy) is 2. The van der Waals surface area contributed by atoms with Crippen LogP contribution >= 0.6 is 11.8 Å². The molecule has 1 aliphatic heterocycles. The van der Waals surface area contributed by atoms with Gasteiger partial charge in [-0.05, 0) is 58.6 Å². The van der Waals surface area contributed by atoms with Crippen molar-refractivity contribution in [3.05, 3.63) is 82.1 Å². The van der Waals surface area contributed by atoms with E-state index in [4.69, 9.17) is 13.9 Å². The fourth-order valence-corrected chi connectivity index (χ4v) is 4.58. The molecule has 0 aliphatic carbocycles. The summed E-state index contributed by atoms with van der Waals surface area (Å²) in [6, 6.07) is 15.0. The van der Waals surface area contributed by atoms with Gasteiger partial charge in [0.05, 0.1) is 38.1 Å². The van der Waals surface area contributed by atoms with E-state index in [0.29, 0.717) is 21.4 Å². The van der Waals surface area contributed by atoms with Crippen LogP contribution in [0.4, 0.5) is 0 Å². The van der Waals surface area contributed by atoms with Crippen LogP contribution in [-0.4, -0.2) is 41.5 Å². The molecule has 1 fully saturated rings. The molecule has 1 amide bonds. The Balaban J connectivity index is 1.62. The van der Waals surface area contributed by atoms with Crippen LogP contribution in [0.3, 0.4) is 0 Å². The van der Waals surface area contributed by atoms with E-state index in [1.807, 2.05) is 18.2 Å². The summed E-state index contributed by atoms with van der Waals surface area (Å²) >= 11 is 1.25. The highest BCUT2D eigenvalue weighted by molar-refractivity contribution is 8.18. The number of amides is 1. The number of carbonyl (C=O) groups excluding carboxylic acids is 1. The van der Waals surface area contributed by atoms with Crippen LogP contribution in [0.1, 0.15) is 43.2 Å². The van der Waals surface area contributed by atoms with E-state index >= 15 is 0 Å². The molecule has 2 aromatic carbocycles. The number of rotatable bonds is 7. The predicted octanol–water partition coefficient (Wildman–Crippen LogP) is 5.81. The molecular weight excluding hydrogens is 490 g/mol. The Morgan fingerprint density at radius 2 is 1.73 bits per heavy atom. The number of hydrogen-bond acceptors (Lipinski definition) is 8. The molecule has 1 N–H and O–H groups in total. The lowest BCUT2D eigenvalue weighted by atomic mass is 9.87. The van der Waals surface area contributed by atoms with E-state index < -0.39 is 0 Å². The first-order valence-electron chi connectivity index (χ1n) is 11.6. The first kappa shape index (κ1) is 26.1. The number of hydrogen-bond donors (Lipinski definition) is 1. The lowest BCUT2D eigenvalue weighted by molar-refractivity contribution is -0.122. The van der Waals surface area contributed by atoms with Crippen LogP contribution in [-0.2, 0) is 16.8 Å². The van der Waals surface area contributed by atoms with Crippen molar-refractivity contribution in [3.8, 4) is 17.2 Å². The second kappa shape index (κ2) is 11.0. The third kappa shape index (κ3) is 6.06. The Labute approximate surface area is 220 Å². The number of benzene rings is 2. The highest BCUT2D eigenvalue weighted by atomic mass is 32.2. The van der Waals surface area contributed by atoms with Gasteiger partial charge in [-0.1, -0.05) is 45.0 Å². The minimum Gasteiger partial charge on any atom is -0.502 e. The van der Waals surface area contributed by atoms with E-state index in [-0.39, 0.29) is 35.1 Å². The summed E-state index contributed by atoms with van der Waals surface area (Å²) in [6.07, 6.45) is 4.92. The van der Waals surface area contributed by atoms with E-state index in [0.717, 1.165) is 5.56 Å². The molecule has 3 aromatic rings. The standard InChI is InChI=1S/C28H29N3O5S/c1-28(2,3)20-10-8-18(9-11-20)15-24-26(33)31(17-21-7-6-12-36-21)27(37-24)30-29-16-19-13-22(34-4)25(32)23(14-19)35-5/h6-16,32H,17H2,1-5H3/b24-15-,29-16-,30-27+. The van der Waals surface area contributed by atoms with Crippen LogP contribution in [0.5, 0.6) is 17.2 Å². The van der Waals surface area contributed by atoms with Gasteiger partial charge < -0.3 is 19.0 Å². The average molecular weight is 520 g/mol. The highest BCUT2D eigenvalue weighted by Gasteiger charge is 2.34. The number of amidine groups is 1. The normalized spacial score (nSPS) is 16.4. The molecule has 0 bridgehead atoms. The number of carbonyl (C=O) groups is 1. The van der Waals surface area contributed by atoms with Gasteiger partial charge in [0.15, 0.2) is 16.7 Å². The molecule has 1 saturated heterocycles. The zero-order chi connectivity index (χ0) is 26.6. The Kier molecular flexibility index (Phi) is 7.73. The quantitative estimate of drug-likeness (QED) is 0.241. The maximum absolute atomic E-state index is 13.3. The third-order valence-corrected chi connectivity index (χ3v) is 6.71. The second-order valence-corrected chi connectivity index (χ2v) is 10.4. The smallest absolute Gasteiger partial charge is 0.267 e. The highest BCUT2D eigenvalue weighted by Crippen LogP contribution is 2.37. The van der Waals surface area contributed by atoms with Crippen molar-refractivity contribution in [3.63, 3.8) is 0 Å². The molecule has 0 saturated carbocycles. The molecule has 2 heterocycles. The molecule has 192 valence electrons. The molecule has 0 unspecified atom stereocenters. The number of nitrogens with zero attached hydrogens (tertiary/aromatic N) is 3. The lowest BCUT2D eigenvalue weighted by Gasteiger charge is -2.18. The monoisotopic (exact) mass is 519 g/mol. The van der Waals surface area contributed by atoms with Crippen LogP contribution in [0.15, 0.2) is 74.3 Å². The largest absolute Gasteiger partial charge is 0.502 e. The maximum Gasteiger partial charge on any atom is 0.267 e. The molecular formula is C28H29N3O5S. The van der Waals surface area contributed by atoms with Crippen LogP contribution < -0.4 is 9.47 Å². The maximum atomic E-state index is 13.3. The molecule has 8 nitrogen and oxygen atoms in total. The van der Waals surface area contributed by atoms with Gasteiger partial charge in [0.1, 0.15) is 5.76 Å². The minimum atomic E-state index is -0.178. The van der Waals surface area contributed by atoms with Gasteiger partial charge in [0.25, 0.3) is 5.91 Å². The van der Waals surface area contributed by atoms with Gasteiger partial charge in [-0.25, -0.2) is 0 Å². The van der Waals surface area contributed by atoms with Gasteiger partial charge in [-0.15, -0.1) is 5.10 Å². The molecule has 0 atom stereocenters. The fraction of sp³-hybridized carbons (Fsp3) is 0.250. The summed E-state index contributed by atoms with van der Waals surface area (Å²) in [5, 5.41) is 19.1. The molecule has 1 aliphatic rings. The minimum absolute atomic E-state index is 0.0484.